The summed E-state index contributed by atoms with van der Waals surface area (Å²) in [5.41, 5.74) is 4.78. The van der Waals surface area contributed by atoms with Crippen LogP contribution in [-0.2, 0) is 9.53 Å². The van der Waals surface area contributed by atoms with Gasteiger partial charge < -0.3 is 14.6 Å². The Kier molecular flexibility index (Phi) is 11.5. The van der Waals surface area contributed by atoms with Crippen LogP contribution in [0, 0.1) is 11.7 Å². The third kappa shape index (κ3) is 9.08. The van der Waals surface area contributed by atoms with Crippen molar-refractivity contribution in [2.45, 2.75) is 59.0 Å². The molecule has 5 nitrogen and oxygen atoms in total. The normalized spacial score (nSPS) is 14.1. The maximum absolute atomic E-state index is 15.2. The van der Waals surface area contributed by atoms with Crippen LogP contribution in [0.4, 0.5) is 4.39 Å². The van der Waals surface area contributed by atoms with Gasteiger partial charge in [0.25, 0.3) is 0 Å². The standard InChI is InChI=1S/C27H32FNO4.C3H6/c1-7-19(12-18(4)27(30)31)13-22(17(2)3)15-25(32-5)23-9-8-20(14-24(23)28)21-10-11-29-26(16-21)33-6;1-2-3-1/h7-11,13-14,16,18,25H,1,12,15H2,2-6H3,(H,30,31);1-3H2/b19-13+;. The van der Waals surface area contributed by atoms with Crippen molar-refractivity contribution in [3.05, 3.63) is 83.4 Å². The van der Waals surface area contributed by atoms with Gasteiger partial charge in [0.15, 0.2) is 0 Å². The molecule has 1 N–H and O–H groups in total. The number of nitrogens with zero attached hydrogens (tertiary/aromatic N) is 1. The second-order valence-corrected chi connectivity index (χ2v) is 9.20. The number of aliphatic carboxylic acids is 1. The minimum Gasteiger partial charge on any atom is -0.481 e. The van der Waals surface area contributed by atoms with Gasteiger partial charge in [-0.05, 0) is 54.7 Å². The molecule has 1 aromatic carbocycles. The number of benzene rings is 1. The topological polar surface area (TPSA) is 68.7 Å². The summed E-state index contributed by atoms with van der Waals surface area (Å²) in [6.07, 6.45) is 10.0. The Morgan fingerprint density at radius 1 is 1.14 bits per heavy atom. The number of hydrogen-bond acceptors (Lipinski definition) is 4. The minimum absolute atomic E-state index is 0.365. The second-order valence-electron chi connectivity index (χ2n) is 9.20. The lowest BCUT2D eigenvalue weighted by Gasteiger charge is -2.20. The van der Waals surface area contributed by atoms with Gasteiger partial charge >= 0.3 is 5.97 Å². The third-order valence-electron chi connectivity index (χ3n) is 5.90. The van der Waals surface area contributed by atoms with Gasteiger partial charge in [0.2, 0.25) is 5.88 Å². The quantitative estimate of drug-likeness (QED) is 0.323. The Morgan fingerprint density at radius 3 is 2.31 bits per heavy atom. The molecular formula is C30H38FNO4. The third-order valence-corrected chi connectivity index (χ3v) is 5.90. The average molecular weight is 496 g/mol. The molecule has 0 spiro atoms. The Bertz CT molecular complexity index is 1100. The summed E-state index contributed by atoms with van der Waals surface area (Å²) in [6.45, 7) is 9.42. The molecule has 2 atom stereocenters. The number of pyridine rings is 1. The van der Waals surface area contributed by atoms with E-state index in [0.717, 1.165) is 22.3 Å². The summed E-state index contributed by atoms with van der Waals surface area (Å²) in [5.74, 6) is -1.29. The van der Waals surface area contributed by atoms with Crippen LogP contribution < -0.4 is 4.74 Å². The summed E-state index contributed by atoms with van der Waals surface area (Å²) in [6, 6.07) is 8.62. The molecule has 1 fully saturated rings. The molecule has 1 heterocycles. The molecular weight excluding hydrogens is 457 g/mol. The van der Waals surface area contributed by atoms with Gasteiger partial charge in [-0.25, -0.2) is 9.37 Å². The highest BCUT2D eigenvalue weighted by atomic mass is 19.1. The van der Waals surface area contributed by atoms with Crippen molar-refractivity contribution in [2.75, 3.05) is 14.2 Å². The van der Waals surface area contributed by atoms with E-state index in [1.807, 2.05) is 26.0 Å². The monoisotopic (exact) mass is 495 g/mol. The molecule has 6 heteroatoms. The van der Waals surface area contributed by atoms with Crippen LogP contribution in [-0.4, -0.2) is 30.3 Å². The fourth-order valence-electron chi connectivity index (χ4n) is 3.46. The van der Waals surface area contributed by atoms with Gasteiger partial charge in [0.1, 0.15) is 5.82 Å². The number of allylic oxidation sites excluding steroid dienone is 4. The number of rotatable bonds is 11. The zero-order valence-corrected chi connectivity index (χ0v) is 22.0. The number of aromatic nitrogens is 1. The highest BCUT2D eigenvalue weighted by Gasteiger charge is 2.19. The van der Waals surface area contributed by atoms with Crippen molar-refractivity contribution >= 4 is 5.97 Å². The summed E-state index contributed by atoms with van der Waals surface area (Å²) in [4.78, 5) is 15.3. The van der Waals surface area contributed by atoms with Crippen LogP contribution in [0.15, 0.2) is 72.0 Å². The summed E-state index contributed by atoms with van der Waals surface area (Å²) in [7, 11) is 3.09. The number of carbonyl (C=O) groups is 1. The smallest absolute Gasteiger partial charge is 0.306 e. The van der Waals surface area contributed by atoms with Gasteiger partial charge in [-0.15, -0.1) is 0 Å². The van der Waals surface area contributed by atoms with Gasteiger partial charge in [0, 0.05) is 31.4 Å². The van der Waals surface area contributed by atoms with Crippen LogP contribution in [0.3, 0.4) is 0 Å². The molecule has 0 amide bonds. The van der Waals surface area contributed by atoms with E-state index in [1.165, 1.54) is 32.4 Å². The van der Waals surface area contributed by atoms with E-state index in [9.17, 15) is 9.90 Å². The first-order valence-corrected chi connectivity index (χ1v) is 12.2. The molecule has 36 heavy (non-hydrogen) atoms. The predicted molar refractivity (Wildman–Crippen MR) is 142 cm³/mol. The van der Waals surface area contributed by atoms with Crippen LogP contribution in [0.2, 0.25) is 0 Å². The molecule has 0 radical (unpaired) electrons. The lowest BCUT2D eigenvalue weighted by Crippen LogP contribution is -2.10. The lowest BCUT2D eigenvalue weighted by molar-refractivity contribution is -0.141. The SMILES string of the molecule is C1CC1.C=C/C(=C\C(CC(OC)c1ccc(-c2ccnc(OC)c2)cc1F)=C(C)C)CC(C)C(=O)O. The van der Waals surface area contributed by atoms with Gasteiger partial charge in [-0.2, -0.15) is 0 Å². The molecule has 1 aliphatic rings. The number of carboxylic acids is 1. The molecule has 1 aliphatic carbocycles. The van der Waals surface area contributed by atoms with Gasteiger partial charge in [-0.3, -0.25) is 4.79 Å². The number of methoxy groups -OCH3 is 2. The molecule has 194 valence electrons. The first-order valence-electron chi connectivity index (χ1n) is 12.2. The summed E-state index contributed by atoms with van der Waals surface area (Å²) in [5, 5.41) is 9.22. The first-order chi connectivity index (χ1) is 17.2. The molecule has 3 rings (SSSR count). The molecule has 2 unspecified atom stereocenters. The Morgan fingerprint density at radius 2 is 1.81 bits per heavy atom. The van der Waals surface area contributed by atoms with E-state index in [4.69, 9.17) is 9.47 Å². The Hall–Kier alpha value is -3.25. The zero-order chi connectivity index (χ0) is 26.7. The van der Waals surface area contributed by atoms with Crippen molar-refractivity contribution in [3.8, 4) is 17.0 Å². The molecule has 0 saturated heterocycles. The van der Waals surface area contributed by atoms with Crippen molar-refractivity contribution in [3.63, 3.8) is 0 Å². The predicted octanol–water partition coefficient (Wildman–Crippen LogP) is 7.70. The Labute approximate surface area is 214 Å². The number of hydrogen-bond donors (Lipinski definition) is 1. The van der Waals surface area contributed by atoms with Crippen molar-refractivity contribution in [1.82, 2.24) is 4.98 Å². The summed E-state index contributed by atoms with van der Waals surface area (Å²) >= 11 is 0. The van der Waals surface area contributed by atoms with Gasteiger partial charge in [0.05, 0.1) is 19.1 Å². The highest BCUT2D eigenvalue weighted by molar-refractivity contribution is 5.70. The number of carboxylic acid groups (broad SMARTS) is 1. The lowest BCUT2D eigenvalue weighted by atomic mass is 9.93. The highest BCUT2D eigenvalue weighted by Crippen LogP contribution is 2.32. The first kappa shape index (κ1) is 29.0. The van der Waals surface area contributed by atoms with E-state index < -0.39 is 18.0 Å². The molecule has 0 bridgehead atoms. The van der Waals surface area contributed by atoms with Crippen LogP contribution in [0.1, 0.15) is 64.5 Å². The van der Waals surface area contributed by atoms with Crippen molar-refractivity contribution in [2.24, 2.45) is 5.92 Å². The maximum Gasteiger partial charge on any atom is 0.306 e. The molecule has 1 aromatic heterocycles. The number of halogens is 1. The molecule has 0 aliphatic heterocycles. The van der Waals surface area contributed by atoms with Crippen LogP contribution >= 0.6 is 0 Å². The minimum atomic E-state index is -0.856. The van der Waals surface area contributed by atoms with E-state index in [1.54, 1.807) is 44.5 Å². The van der Waals surface area contributed by atoms with Gasteiger partial charge in [-0.1, -0.05) is 62.6 Å². The Balaban J connectivity index is 0.00000141. The second kappa shape index (κ2) is 14.3. The molecule has 2 aromatic rings. The fourth-order valence-corrected chi connectivity index (χ4v) is 3.46. The van der Waals surface area contributed by atoms with Crippen molar-refractivity contribution in [1.29, 1.82) is 0 Å². The van der Waals surface area contributed by atoms with Crippen LogP contribution in [0.25, 0.3) is 11.1 Å². The number of ether oxygens (including phenoxy) is 2. The average Bonchev–Trinajstić information content (AvgIpc) is 3.75. The van der Waals surface area contributed by atoms with Crippen LogP contribution in [0.5, 0.6) is 5.88 Å². The summed E-state index contributed by atoms with van der Waals surface area (Å²) < 4.78 is 26.0. The fraction of sp³-hybridized carbons (Fsp3) is 0.400. The van der Waals surface area contributed by atoms with E-state index in [2.05, 4.69) is 11.6 Å². The molecule has 1 saturated carbocycles. The maximum atomic E-state index is 15.2. The zero-order valence-electron chi connectivity index (χ0n) is 22.0. The van der Waals surface area contributed by atoms with E-state index in [0.29, 0.717) is 29.8 Å². The van der Waals surface area contributed by atoms with E-state index in [-0.39, 0.29) is 5.82 Å². The van der Waals surface area contributed by atoms with Crippen molar-refractivity contribution < 1.29 is 23.8 Å². The largest absolute Gasteiger partial charge is 0.481 e. The van der Waals surface area contributed by atoms with E-state index >= 15 is 4.39 Å².